The Balaban J connectivity index is 0.000000771. The van der Waals surface area contributed by atoms with Gasteiger partial charge in [0.05, 0.1) is 10.8 Å². The second-order valence-electron chi connectivity index (χ2n) is 4.03. The molecule has 106 valence electrons. The van der Waals surface area contributed by atoms with Gasteiger partial charge in [-0.3, -0.25) is 4.90 Å². The molecule has 0 aromatic carbocycles. The van der Waals surface area contributed by atoms with Gasteiger partial charge in [0.15, 0.2) is 0 Å². The van der Waals surface area contributed by atoms with E-state index >= 15 is 0 Å². The first kappa shape index (κ1) is 16.2. The molecule has 0 aromatic heterocycles. The van der Waals surface area contributed by atoms with E-state index in [-0.39, 0.29) is 5.50 Å². The lowest BCUT2D eigenvalue weighted by molar-refractivity contribution is 0.165. The molecule has 0 radical (unpaired) electrons. The molecular weight excluding hydrogens is 266 g/mol. The molecule has 1 saturated heterocycles. The fraction of sp³-hybridized carbons (Fsp3) is 0.833. The zero-order valence-electron chi connectivity index (χ0n) is 11.3. The van der Waals surface area contributed by atoms with Gasteiger partial charge in [0.1, 0.15) is 5.50 Å². The number of thioether (sulfide) groups is 2. The predicted molar refractivity (Wildman–Crippen MR) is 82.3 cm³/mol. The van der Waals surface area contributed by atoms with Crippen LogP contribution in [0.5, 0.6) is 0 Å². The zero-order chi connectivity index (χ0) is 13.4. The topological polar surface area (TPSA) is 61.5 Å². The number of nitrogens with zero attached hydrogens (tertiary/aromatic N) is 1. The number of hydrogen-bond acceptors (Lipinski definition) is 6. The summed E-state index contributed by atoms with van der Waals surface area (Å²) in [4.78, 5) is 2.39. The first-order valence-electron chi connectivity index (χ1n) is 6.66. The summed E-state index contributed by atoms with van der Waals surface area (Å²) in [7, 11) is 0. The third-order valence-electron chi connectivity index (χ3n) is 2.94. The van der Waals surface area contributed by atoms with Gasteiger partial charge in [-0.1, -0.05) is 25.6 Å². The van der Waals surface area contributed by atoms with Crippen LogP contribution in [0.25, 0.3) is 0 Å². The van der Waals surface area contributed by atoms with Crippen molar-refractivity contribution in [2.45, 2.75) is 38.2 Å². The van der Waals surface area contributed by atoms with Crippen molar-refractivity contribution in [3.05, 3.63) is 10.4 Å². The van der Waals surface area contributed by atoms with Gasteiger partial charge in [0.2, 0.25) is 0 Å². The van der Waals surface area contributed by atoms with Crippen molar-refractivity contribution >= 4 is 23.5 Å². The van der Waals surface area contributed by atoms with E-state index in [1.54, 1.807) is 11.8 Å². The van der Waals surface area contributed by atoms with Gasteiger partial charge in [0, 0.05) is 24.5 Å². The highest BCUT2D eigenvalue weighted by Gasteiger charge is 2.23. The van der Waals surface area contributed by atoms with Crippen LogP contribution >= 0.6 is 23.5 Å². The lowest BCUT2D eigenvalue weighted by Gasteiger charge is -2.22. The molecule has 0 saturated carbocycles. The highest BCUT2D eigenvalue weighted by molar-refractivity contribution is 8.22. The Labute approximate surface area is 119 Å². The van der Waals surface area contributed by atoms with Gasteiger partial charge in [-0.15, -0.1) is 11.8 Å². The summed E-state index contributed by atoms with van der Waals surface area (Å²) in [5.41, 5.74) is 5.73. The highest BCUT2D eigenvalue weighted by Crippen LogP contribution is 2.33. The first-order valence-corrected chi connectivity index (χ1v) is 8.52. The maximum atomic E-state index is 9.19. The van der Waals surface area contributed by atoms with Crippen LogP contribution in [0.3, 0.4) is 0 Å². The third kappa shape index (κ3) is 5.01. The molecule has 0 aromatic rings. The van der Waals surface area contributed by atoms with Crippen LogP contribution in [0, 0.1) is 0 Å². The van der Waals surface area contributed by atoms with Gasteiger partial charge < -0.3 is 16.2 Å². The molecule has 0 spiro atoms. The number of likely N-dealkylation sites (tertiary alicyclic amines) is 1. The highest BCUT2D eigenvalue weighted by atomic mass is 32.2. The summed E-state index contributed by atoms with van der Waals surface area (Å²) < 4.78 is 1.27. The van der Waals surface area contributed by atoms with E-state index in [2.05, 4.69) is 10.2 Å². The fourth-order valence-electron chi connectivity index (χ4n) is 2.08. The molecule has 4 N–H and O–H groups in total. The van der Waals surface area contributed by atoms with E-state index in [0.717, 1.165) is 25.3 Å². The Kier molecular flexibility index (Phi) is 8.17. The minimum atomic E-state index is 0.0273. The van der Waals surface area contributed by atoms with E-state index in [4.69, 9.17) is 5.73 Å². The lowest BCUT2D eigenvalue weighted by atomic mass is 10.2. The van der Waals surface area contributed by atoms with Crippen molar-refractivity contribution in [2.75, 3.05) is 25.4 Å². The van der Waals surface area contributed by atoms with Crippen LogP contribution in [0.4, 0.5) is 0 Å². The van der Waals surface area contributed by atoms with Gasteiger partial charge >= 0.3 is 0 Å². The Morgan fingerprint density at radius 3 is 3.00 bits per heavy atom. The number of aliphatic hydroxyl groups excluding tert-OH is 1. The fourth-order valence-corrected chi connectivity index (χ4v) is 4.11. The first-order chi connectivity index (χ1) is 8.79. The van der Waals surface area contributed by atoms with Crippen LogP contribution in [0.15, 0.2) is 10.4 Å². The summed E-state index contributed by atoms with van der Waals surface area (Å²) in [6.45, 7) is 6.49. The summed E-state index contributed by atoms with van der Waals surface area (Å²) in [6, 6.07) is 0.395. The maximum Gasteiger partial charge on any atom is 0.127 e. The molecule has 1 fully saturated rings. The van der Waals surface area contributed by atoms with Gasteiger partial charge in [-0.25, -0.2) is 0 Å². The SMILES string of the molecule is CC.NC1NC=C(SCCN2CCCC2CO)S1. The molecule has 2 heterocycles. The molecule has 2 atom stereocenters. The number of rotatable bonds is 5. The molecule has 2 unspecified atom stereocenters. The quantitative estimate of drug-likeness (QED) is 0.715. The standard InChI is InChI=1S/C10H19N3OS2.C2H6/c11-10-12-6-9(16-10)15-5-4-13-3-1-2-8(13)7-14;1-2/h6,8,10,12,14H,1-5,7,11H2;1-2H3. The van der Waals surface area contributed by atoms with Crippen molar-refractivity contribution in [1.29, 1.82) is 0 Å². The van der Waals surface area contributed by atoms with Gasteiger partial charge in [0.25, 0.3) is 0 Å². The number of aliphatic hydroxyl groups is 1. The molecule has 18 heavy (non-hydrogen) atoms. The molecule has 2 rings (SSSR count). The summed E-state index contributed by atoms with van der Waals surface area (Å²) >= 11 is 3.52. The van der Waals surface area contributed by atoms with Crippen molar-refractivity contribution in [1.82, 2.24) is 10.2 Å². The molecular formula is C12H25N3OS2. The average molecular weight is 291 g/mol. The van der Waals surface area contributed by atoms with Gasteiger partial charge in [-0.05, 0) is 19.4 Å². The Morgan fingerprint density at radius 1 is 1.61 bits per heavy atom. The minimum Gasteiger partial charge on any atom is -0.395 e. The van der Waals surface area contributed by atoms with E-state index in [1.165, 1.54) is 10.7 Å². The Morgan fingerprint density at radius 2 is 2.39 bits per heavy atom. The third-order valence-corrected chi connectivity index (χ3v) is 5.11. The van der Waals surface area contributed by atoms with Crippen LogP contribution in [0.1, 0.15) is 26.7 Å². The van der Waals surface area contributed by atoms with Crippen LogP contribution < -0.4 is 11.1 Å². The van der Waals surface area contributed by atoms with E-state index in [9.17, 15) is 5.11 Å². The monoisotopic (exact) mass is 291 g/mol. The molecule has 6 heteroatoms. The van der Waals surface area contributed by atoms with Gasteiger partial charge in [-0.2, -0.15) is 0 Å². The molecule has 0 aliphatic carbocycles. The molecule has 0 amide bonds. The minimum absolute atomic E-state index is 0.0273. The van der Waals surface area contributed by atoms with Crippen LogP contribution in [-0.4, -0.2) is 47.0 Å². The van der Waals surface area contributed by atoms with E-state index in [0.29, 0.717) is 12.6 Å². The molecule has 4 nitrogen and oxygen atoms in total. The maximum absolute atomic E-state index is 9.19. The smallest absolute Gasteiger partial charge is 0.127 e. The number of nitrogens with one attached hydrogen (secondary N) is 1. The summed E-state index contributed by atoms with van der Waals surface area (Å²) in [5, 5.41) is 12.3. The van der Waals surface area contributed by atoms with Crippen molar-refractivity contribution in [2.24, 2.45) is 5.73 Å². The molecule has 2 aliphatic rings. The Hall–Kier alpha value is 0.120. The van der Waals surface area contributed by atoms with Crippen LogP contribution in [0.2, 0.25) is 0 Å². The van der Waals surface area contributed by atoms with Crippen LogP contribution in [-0.2, 0) is 0 Å². The Bertz CT molecular complexity index is 264. The van der Waals surface area contributed by atoms with Crippen molar-refractivity contribution in [3.63, 3.8) is 0 Å². The zero-order valence-corrected chi connectivity index (χ0v) is 12.9. The number of nitrogens with two attached hydrogens (primary N) is 1. The van der Waals surface area contributed by atoms with E-state index < -0.39 is 0 Å². The van der Waals surface area contributed by atoms with Crippen molar-refractivity contribution in [3.8, 4) is 0 Å². The predicted octanol–water partition coefficient (Wildman–Crippen LogP) is 1.58. The summed E-state index contributed by atoms with van der Waals surface area (Å²) in [6.07, 6.45) is 4.36. The largest absolute Gasteiger partial charge is 0.395 e. The molecule has 0 bridgehead atoms. The molecule has 2 aliphatic heterocycles. The average Bonchev–Trinajstić information content (AvgIpc) is 3.01. The van der Waals surface area contributed by atoms with Crippen molar-refractivity contribution < 1.29 is 5.11 Å². The van der Waals surface area contributed by atoms with E-state index in [1.807, 2.05) is 31.8 Å². The normalized spacial score (nSPS) is 27.4. The lowest BCUT2D eigenvalue weighted by Crippen LogP contribution is -2.33. The number of hydrogen-bond donors (Lipinski definition) is 3. The second-order valence-corrected chi connectivity index (χ2v) is 6.61. The second kappa shape index (κ2) is 9.09. The summed E-state index contributed by atoms with van der Waals surface area (Å²) in [5.74, 6) is 1.07.